The number of carbonyl (C=O) groups excluding carboxylic acids is 1. The van der Waals surface area contributed by atoms with E-state index >= 15 is 0 Å². The number of amides is 1. The topological polar surface area (TPSA) is 228 Å². The average Bonchev–Trinajstić information content (AvgIpc) is 3.45. The van der Waals surface area contributed by atoms with Crippen LogP contribution in [0.4, 0.5) is 0 Å². The average molecular weight is 1170 g/mol. The van der Waals surface area contributed by atoms with Crippen molar-refractivity contribution >= 4 is 5.91 Å². The summed E-state index contributed by atoms with van der Waals surface area (Å²) in [6.07, 6.45) is 60.2. The van der Waals surface area contributed by atoms with Crippen molar-refractivity contribution in [2.45, 2.75) is 286 Å². The Kier molecular flexibility index (Phi) is 47.9. The molecule has 2 aliphatic rings. The SMILES string of the molecule is CC/C=C\C/C=C\C/C=C\C/C=C\C/C=C\C/C=C\C/C=C\C/C=C\CCCCCCCCCCCCCCCCCCC(=O)NC(COC1OC(CO)C(OC2OC(CO)C(O)C(O)C2O)C(O)C1O)C(O)/C=C/CC/C=C/CCCC. The minimum atomic E-state index is -1.79. The van der Waals surface area contributed by atoms with Gasteiger partial charge in [0.25, 0.3) is 0 Å². The van der Waals surface area contributed by atoms with Crippen molar-refractivity contribution in [2.24, 2.45) is 0 Å². The highest BCUT2D eigenvalue weighted by Gasteiger charge is 2.51. The summed E-state index contributed by atoms with van der Waals surface area (Å²) >= 11 is 0. The van der Waals surface area contributed by atoms with Gasteiger partial charge in [-0.15, -0.1) is 0 Å². The number of unbranched alkanes of at least 4 members (excludes halogenated alkanes) is 19. The molecule has 12 unspecified atom stereocenters. The second-order valence-electron chi connectivity index (χ2n) is 22.1. The van der Waals surface area contributed by atoms with Crippen molar-refractivity contribution in [3.8, 4) is 0 Å². The predicted octanol–water partition coefficient (Wildman–Crippen LogP) is 12.2. The summed E-state index contributed by atoms with van der Waals surface area (Å²) in [5, 5.41) is 86.7. The largest absolute Gasteiger partial charge is 0.394 e. The van der Waals surface area contributed by atoms with Crippen LogP contribution in [0.25, 0.3) is 0 Å². The summed E-state index contributed by atoms with van der Waals surface area (Å²) in [5.74, 6) is -0.257. The number of rotatable bonds is 50. The Morgan fingerprint density at radius 2 is 0.843 bits per heavy atom. The van der Waals surface area contributed by atoms with Crippen molar-refractivity contribution in [1.82, 2.24) is 5.32 Å². The first kappa shape index (κ1) is 75.5. The van der Waals surface area contributed by atoms with Crippen molar-refractivity contribution in [1.29, 1.82) is 0 Å². The van der Waals surface area contributed by atoms with Gasteiger partial charge in [-0.2, -0.15) is 0 Å². The van der Waals surface area contributed by atoms with Gasteiger partial charge in [-0.05, 0) is 89.9 Å². The third-order valence-corrected chi connectivity index (χ3v) is 14.9. The lowest BCUT2D eigenvalue weighted by Gasteiger charge is -2.46. The summed E-state index contributed by atoms with van der Waals surface area (Å²) in [7, 11) is 0. The van der Waals surface area contributed by atoms with Gasteiger partial charge in [0.2, 0.25) is 5.91 Å². The zero-order valence-corrected chi connectivity index (χ0v) is 51.1. The third-order valence-electron chi connectivity index (χ3n) is 14.9. The van der Waals surface area contributed by atoms with Crippen molar-refractivity contribution in [3.05, 3.63) is 122 Å². The fourth-order valence-corrected chi connectivity index (χ4v) is 9.72. The number of ether oxygens (including phenoxy) is 4. The van der Waals surface area contributed by atoms with Crippen LogP contribution in [-0.4, -0.2) is 140 Å². The van der Waals surface area contributed by atoms with Gasteiger partial charge in [0.15, 0.2) is 12.6 Å². The van der Waals surface area contributed by atoms with E-state index in [2.05, 4.69) is 129 Å². The Balaban J connectivity index is 1.53. The molecule has 2 saturated heterocycles. The van der Waals surface area contributed by atoms with E-state index in [0.717, 1.165) is 96.3 Å². The van der Waals surface area contributed by atoms with Crippen LogP contribution >= 0.6 is 0 Å². The monoisotopic (exact) mass is 1170 g/mol. The molecule has 2 heterocycles. The van der Waals surface area contributed by atoms with Gasteiger partial charge in [-0.1, -0.05) is 238 Å². The highest BCUT2D eigenvalue weighted by atomic mass is 16.7. The highest BCUT2D eigenvalue weighted by molar-refractivity contribution is 5.76. The van der Waals surface area contributed by atoms with Crippen molar-refractivity contribution < 1.29 is 64.6 Å². The Bertz CT molecular complexity index is 1850. The lowest BCUT2D eigenvalue weighted by molar-refractivity contribution is -0.359. The second kappa shape index (κ2) is 52.7. The Morgan fingerprint density at radius 1 is 0.446 bits per heavy atom. The van der Waals surface area contributed by atoms with Gasteiger partial charge in [-0.25, -0.2) is 0 Å². The summed E-state index contributed by atoms with van der Waals surface area (Å²) in [4.78, 5) is 13.2. The molecular weight excluding hydrogens is 1050 g/mol. The van der Waals surface area contributed by atoms with Crippen LogP contribution in [-0.2, 0) is 23.7 Å². The zero-order chi connectivity index (χ0) is 60.2. The number of aliphatic hydroxyl groups excluding tert-OH is 8. The van der Waals surface area contributed by atoms with Crippen LogP contribution in [0.3, 0.4) is 0 Å². The van der Waals surface area contributed by atoms with Crippen LogP contribution in [0, 0.1) is 0 Å². The second-order valence-corrected chi connectivity index (χ2v) is 22.1. The van der Waals surface area contributed by atoms with E-state index in [-0.39, 0.29) is 18.9 Å². The molecule has 0 aromatic rings. The van der Waals surface area contributed by atoms with Gasteiger partial charge >= 0.3 is 0 Å². The third kappa shape index (κ3) is 37.5. The molecule has 474 valence electrons. The first-order valence-corrected chi connectivity index (χ1v) is 32.3. The van der Waals surface area contributed by atoms with Crippen LogP contribution in [0.2, 0.25) is 0 Å². The molecule has 83 heavy (non-hydrogen) atoms. The molecule has 2 aliphatic heterocycles. The molecule has 2 rings (SSSR count). The van der Waals surface area contributed by atoms with Crippen molar-refractivity contribution in [3.63, 3.8) is 0 Å². The smallest absolute Gasteiger partial charge is 0.220 e. The number of hydrogen-bond acceptors (Lipinski definition) is 13. The fraction of sp³-hybridized carbons (Fsp3) is 0.696. The molecule has 0 aromatic heterocycles. The van der Waals surface area contributed by atoms with Crippen LogP contribution < -0.4 is 5.32 Å². The minimum Gasteiger partial charge on any atom is -0.394 e. The quantitative estimate of drug-likeness (QED) is 0.0204. The number of hydrogen-bond donors (Lipinski definition) is 9. The van der Waals surface area contributed by atoms with E-state index < -0.39 is 86.8 Å². The highest BCUT2D eigenvalue weighted by Crippen LogP contribution is 2.30. The lowest BCUT2D eigenvalue weighted by Crippen LogP contribution is -2.65. The maximum absolute atomic E-state index is 13.2. The molecule has 0 aliphatic carbocycles. The van der Waals surface area contributed by atoms with E-state index in [1.54, 1.807) is 6.08 Å². The van der Waals surface area contributed by atoms with Crippen molar-refractivity contribution in [2.75, 3.05) is 19.8 Å². The predicted molar refractivity (Wildman–Crippen MR) is 336 cm³/mol. The zero-order valence-electron chi connectivity index (χ0n) is 51.1. The summed E-state index contributed by atoms with van der Waals surface area (Å²) in [5.41, 5.74) is 0. The van der Waals surface area contributed by atoms with Gasteiger partial charge in [0.1, 0.15) is 48.8 Å². The normalized spacial score (nSPS) is 24.7. The first-order chi connectivity index (χ1) is 40.6. The molecule has 0 radical (unpaired) electrons. The molecule has 9 N–H and O–H groups in total. The van der Waals surface area contributed by atoms with Gasteiger partial charge in [0, 0.05) is 6.42 Å². The van der Waals surface area contributed by atoms with Crippen LogP contribution in [0.15, 0.2) is 122 Å². The van der Waals surface area contributed by atoms with Gasteiger partial charge in [-0.3, -0.25) is 4.79 Å². The van der Waals surface area contributed by atoms with Gasteiger partial charge in [0.05, 0.1) is 32.0 Å². The van der Waals surface area contributed by atoms with Gasteiger partial charge < -0.3 is 65.1 Å². The number of carbonyl (C=O) groups is 1. The molecule has 14 nitrogen and oxygen atoms in total. The Morgan fingerprint density at radius 3 is 1.33 bits per heavy atom. The minimum absolute atomic E-state index is 0.257. The maximum atomic E-state index is 13.2. The molecule has 0 bridgehead atoms. The number of nitrogens with one attached hydrogen (secondary N) is 1. The van der Waals surface area contributed by atoms with E-state index in [0.29, 0.717) is 12.8 Å². The van der Waals surface area contributed by atoms with E-state index in [1.807, 2.05) is 6.08 Å². The first-order valence-electron chi connectivity index (χ1n) is 32.3. The molecular formula is C69H115NO13. The standard InChI is InChI=1S/C69H115NO13/c1-3-5-7-9-11-13-14-15-16-17-18-19-20-21-22-23-24-25-26-27-28-29-30-31-32-33-34-35-36-37-38-39-40-41-42-43-44-45-47-49-51-53-61(74)70-57(58(73)52-50-48-46-12-10-8-6-4-2)56-80-68-66(79)64(77)67(60(55-72)82-68)83-69-65(78)63(76)62(75)59(54-71)81-69/h5,7,10-13,15-16,18-19,21-22,24-25,27-28,30-31,50,52,57-60,62-69,71-73,75-79H,3-4,6,8-9,14,17,20,23,26,29,32-49,51,53-56H2,1-2H3,(H,70,74)/b7-5-,12-10+,13-11-,16-15-,19-18-,22-21-,25-24-,28-27-,31-30-,52-50+. The van der Waals surface area contributed by atoms with E-state index in [4.69, 9.17) is 18.9 Å². The number of aliphatic hydroxyl groups is 8. The summed E-state index contributed by atoms with van der Waals surface area (Å²) < 4.78 is 22.7. The molecule has 12 atom stereocenters. The molecule has 0 aromatic carbocycles. The molecule has 0 spiro atoms. The van der Waals surface area contributed by atoms with Crippen LogP contribution in [0.1, 0.15) is 213 Å². The maximum Gasteiger partial charge on any atom is 0.220 e. The molecule has 0 saturated carbocycles. The summed E-state index contributed by atoms with van der Waals surface area (Å²) in [6.45, 7) is 2.56. The summed E-state index contributed by atoms with van der Waals surface area (Å²) in [6, 6.07) is -0.934. The Hall–Kier alpha value is -3.61. The Labute approximate surface area is 501 Å². The molecule has 2 fully saturated rings. The lowest BCUT2D eigenvalue weighted by atomic mass is 9.97. The molecule has 1 amide bonds. The molecule has 14 heteroatoms. The fourth-order valence-electron chi connectivity index (χ4n) is 9.72. The van der Waals surface area contributed by atoms with E-state index in [1.165, 1.54) is 83.5 Å². The van der Waals surface area contributed by atoms with Crippen LogP contribution in [0.5, 0.6) is 0 Å². The van der Waals surface area contributed by atoms with E-state index in [9.17, 15) is 45.6 Å². The number of allylic oxidation sites excluding steroid dienone is 19.